The van der Waals surface area contributed by atoms with Crippen LogP contribution >= 0.6 is 0 Å². The minimum atomic E-state index is -0.490. The van der Waals surface area contributed by atoms with E-state index in [1.807, 2.05) is 0 Å². The zero-order chi connectivity index (χ0) is 13.4. The zero-order valence-electron chi connectivity index (χ0n) is 10.7. The molecule has 0 atom stereocenters. The molecule has 1 amide bonds. The normalized spacial score (nSPS) is 9.50. The zero-order valence-corrected chi connectivity index (χ0v) is 10.7. The maximum absolute atomic E-state index is 10.8. The lowest BCUT2D eigenvalue weighted by Crippen LogP contribution is -2.27. The Kier molecular flexibility index (Phi) is 5.63. The van der Waals surface area contributed by atoms with Crippen molar-refractivity contribution in [2.45, 2.75) is 0 Å². The second-order valence-electron chi connectivity index (χ2n) is 3.26. The number of methoxy groups -OCH3 is 3. The lowest BCUT2D eigenvalue weighted by molar-refractivity contribution is 0.168. The highest BCUT2D eigenvalue weighted by Crippen LogP contribution is 2.36. The molecule has 0 saturated carbocycles. The average molecular weight is 255 g/mol. The fourth-order valence-electron chi connectivity index (χ4n) is 1.36. The van der Waals surface area contributed by atoms with Crippen LogP contribution in [0.15, 0.2) is 18.2 Å². The first kappa shape index (κ1) is 14.0. The van der Waals surface area contributed by atoms with Gasteiger partial charge in [-0.25, -0.2) is 4.79 Å². The second kappa shape index (κ2) is 7.26. The fourth-order valence-corrected chi connectivity index (χ4v) is 1.36. The molecule has 0 aliphatic rings. The highest BCUT2D eigenvalue weighted by molar-refractivity contribution is 5.66. The molecule has 1 rings (SSSR count). The molecule has 0 radical (unpaired) electrons. The van der Waals surface area contributed by atoms with Crippen LogP contribution in [0.1, 0.15) is 0 Å². The van der Waals surface area contributed by atoms with Crippen LogP contribution in [-0.4, -0.2) is 40.6 Å². The fraction of sp³-hybridized carbons (Fsp3) is 0.417. The van der Waals surface area contributed by atoms with E-state index >= 15 is 0 Å². The largest absolute Gasteiger partial charge is 0.493 e. The van der Waals surface area contributed by atoms with Gasteiger partial charge in [0.25, 0.3) is 0 Å². The van der Waals surface area contributed by atoms with Gasteiger partial charge < -0.3 is 24.3 Å². The molecule has 1 aromatic carbocycles. The van der Waals surface area contributed by atoms with E-state index in [2.05, 4.69) is 10.1 Å². The number of ether oxygens (including phenoxy) is 4. The van der Waals surface area contributed by atoms with Gasteiger partial charge in [0.15, 0.2) is 11.5 Å². The molecule has 0 saturated heterocycles. The van der Waals surface area contributed by atoms with E-state index in [1.165, 1.54) is 14.2 Å². The first-order valence-corrected chi connectivity index (χ1v) is 5.38. The Labute approximate surface area is 106 Å². The van der Waals surface area contributed by atoms with Gasteiger partial charge in [0.1, 0.15) is 6.61 Å². The molecular formula is C12H17NO5. The summed E-state index contributed by atoms with van der Waals surface area (Å²) in [6.07, 6.45) is -0.490. The number of hydrogen-bond acceptors (Lipinski definition) is 5. The second-order valence-corrected chi connectivity index (χ2v) is 3.26. The van der Waals surface area contributed by atoms with E-state index in [4.69, 9.17) is 14.2 Å². The maximum Gasteiger partial charge on any atom is 0.406 e. The standard InChI is InChI=1S/C12H17NO5/c1-15-9-5-4-6-10(11(9)16-2)18-8-7-13-12(14)17-3/h4-6H,7-8H2,1-3H3,(H,13,14). The Morgan fingerprint density at radius 1 is 1.17 bits per heavy atom. The molecule has 100 valence electrons. The molecule has 0 heterocycles. The van der Waals surface area contributed by atoms with Gasteiger partial charge in [-0.2, -0.15) is 0 Å². The monoisotopic (exact) mass is 255 g/mol. The van der Waals surface area contributed by atoms with Crippen molar-refractivity contribution in [3.8, 4) is 17.2 Å². The lowest BCUT2D eigenvalue weighted by atomic mass is 10.3. The molecule has 6 heteroatoms. The van der Waals surface area contributed by atoms with E-state index in [1.54, 1.807) is 25.3 Å². The van der Waals surface area contributed by atoms with E-state index < -0.39 is 6.09 Å². The van der Waals surface area contributed by atoms with Gasteiger partial charge in [-0.3, -0.25) is 0 Å². The van der Waals surface area contributed by atoms with Crippen LogP contribution in [0.25, 0.3) is 0 Å². The highest BCUT2D eigenvalue weighted by Gasteiger charge is 2.10. The third-order valence-electron chi connectivity index (χ3n) is 2.18. The summed E-state index contributed by atoms with van der Waals surface area (Å²) in [6, 6.07) is 5.34. The number of amides is 1. The Balaban J connectivity index is 2.54. The summed E-state index contributed by atoms with van der Waals surface area (Å²) in [4.78, 5) is 10.8. The van der Waals surface area contributed by atoms with Gasteiger partial charge in [0, 0.05) is 0 Å². The quantitative estimate of drug-likeness (QED) is 0.779. The minimum Gasteiger partial charge on any atom is -0.493 e. The Morgan fingerprint density at radius 2 is 1.89 bits per heavy atom. The van der Waals surface area contributed by atoms with Crippen LogP contribution in [0.4, 0.5) is 4.79 Å². The molecule has 6 nitrogen and oxygen atoms in total. The highest BCUT2D eigenvalue weighted by atomic mass is 16.5. The van der Waals surface area contributed by atoms with Crippen molar-refractivity contribution >= 4 is 6.09 Å². The Bertz CT molecular complexity index is 394. The molecule has 1 aromatic rings. The van der Waals surface area contributed by atoms with Gasteiger partial charge in [-0.1, -0.05) is 6.07 Å². The lowest BCUT2D eigenvalue weighted by Gasteiger charge is -2.13. The van der Waals surface area contributed by atoms with Gasteiger partial charge in [-0.05, 0) is 12.1 Å². The molecule has 0 unspecified atom stereocenters. The molecule has 0 spiro atoms. The van der Waals surface area contributed by atoms with Crippen LogP contribution in [0.2, 0.25) is 0 Å². The summed E-state index contributed by atoms with van der Waals surface area (Å²) >= 11 is 0. The number of para-hydroxylation sites is 1. The van der Waals surface area contributed by atoms with Crippen molar-refractivity contribution in [3.63, 3.8) is 0 Å². The van der Waals surface area contributed by atoms with Crippen LogP contribution in [0, 0.1) is 0 Å². The third kappa shape index (κ3) is 3.73. The van der Waals surface area contributed by atoms with Crippen LogP contribution in [0.3, 0.4) is 0 Å². The summed E-state index contributed by atoms with van der Waals surface area (Å²) < 4.78 is 20.3. The van der Waals surface area contributed by atoms with E-state index in [9.17, 15) is 4.79 Å². The predicted octanol–water partition coefficient (Wildman–Crippen LogP) is 1.44. The van der Waals surface area contributed by atoms with Crippen molar-refractivity contribution in [2.75, 3.05) is 34.5 Å². The molecule has 0 bridgehead atoms. The van der Waals surface area contributed by atoms with Crippen LogP contribution in [0.5, 0.6) is 17.2 Å². The molecular weight excluding hydrogens is 238 g/mol. The van der Waals surface area contributed by atoms with Crippen molar-refractivity contribution < 1.29 is 23.7 Å². The van der Waals surface area contributed by atoms with Gasteiger partial charge >= 0.3 is 6.09 Å². The van der Waals surface area contributed by atoms with Gasteiger partial charge in [-0.15, -0.1) is 0 Å². The van der Waals surface area contributed by atoms with Crippen LogP contribution in [-0.2, 0) is 4.74 Å². The number of benzene rings is 1. The summed E-state index contributed by atoms with van der Waals surface area (Å²) in [7, 11) is 4.40. The number of nitrogens with one attached hydrogen (secondary N) is 1. The first-order valence-electron chi connectivity index (χ1n) is 5.38. The van der Waals surface area contributed by atoms with Crippen molar-refractivity contribution in [2.24, 2.45) is 0 Å². The number of hydrogen-bond donors (Lipinski definition) is 1. The Hall–Kier alpha value is -2.11. The SMILES string of the molecule is COC(=O)NCCOc1cccc(OC)c1OC. The average Bonchev–Trinajstić information content (AvgIpc) is 2.42. The summed E-state index contributed by atoms with van der Waals surface area (Å²) in [5, 5.41) is 2.51. The van der Waals surface area contributed by atoms with Crippen molar-refractivity contribution in [1.82, 2.24) is 5.32 Å². The van der Waals surface area contributed by atoms with Gasteiger partial charge in [0.2, 0.25) is 5.75 Å². The minimum absolute atomic E-state index is 0.304. The number of carbonyl (C=O) groups is 1. The smallest absolute Gasteiger partial charge is 0.406 e. The molecule has 18 heavy (non-hydrogen) atoms. The summed E-state index contributed by atoms with van der Waals surface area (Å²) in [5.74, 6) is 1.68. The number of rotatable bonds is 6. The maximum atomic E-state index is 10.8. The molecule has 0 aliphatic heterocycles. The van der Waals surface area contributed by atoms with Crippen molar-refractivity contribution in [1.29, 1.82) is 0 Å². The number of alkyl carbamates (subject to hydrolysis) is 1. The van der Waals surface area contributed by atoms with E-state index in [-0.39, 0.29) is 0 Å². The molecule has 0 aliphatic carbocycles. The number of carbonyl (C=O) groups excluding carboxylic acids is 1. The van der Waals surface area contributed by atoms with Gasteiger partial charge in [0.05, 0.1) is 27.9 Å². The first-order chi connectivity index (χ1) is 8.72. The third-order valence-corrected chi connectivity index (χ3v) is 2.18. The van der Waals surface area contributed by atoms with E-state index in [0.717, 1.165) is 0 Å². The topological polar surface area (TPSA) is 66.0 Å². The predicted molar refractivity (Wildman–Crippen MR) is 65.4 cm³/mol. The molecule has 0 aromatic heterocycles. The Morgan fingerprint density at radius 3 is 2.50 bits per heavy atom. The molecule has 1 N–H and O–H groups in total. The van der Waals surface area contributed by atoms with E-state index in [0.29, 0.717) is 30.4 Å². The summed E-state index contributed by atoms with van der Waals surface area (Å²) in [6.45, 7) is 0.645. The van der Waals surface area contributed by atoms with Crippen LogP contribution < -0.4 is 19.5 Å². The van der Waals surface area contributed by atoms with Crippen molar-refractivity contribution in [3.05, 3.63) is 18.2 Å². The molecule has 0 fully saturated rings. The summed E-state index contributed by atoms with van der Waals surface area (Å²) in [5.41, 5.74) is 0.